The summed E-state index contributed by atoms with van der Waals surface area (Å²) in [4.78, 5) is 14.6. The molecule has 4 nitrogen and oxygen atoms in total. The zero-order chi connectivity index (χ0) is 16.8. The van der Waals surface area contributed by atoms with Crippen molar-refractivity contribution in [2.24, 2.45) is 17.6 Å². The van der Waals surface area contributed by atoms with Gasteiger partial charge in [-0.15, -0.1) is 0 Å². The maximum absolute atomic E-state index is 12.0. The molecule has 0 spiro atoms. The summed E-state index contributed by atoms with van der Waals surface area (Å²) in [6.45, 7) is 10.1. The summed E-state index contributed by atoms with van der Waals surface area (Å²) >= 11 is 0. The third-order valence-corrected chi connectivity index (χ3v) is 4.86. The van der Waals surface area contributed by atoms with E-state index in [-0.39, 0.29) is 11.8 Å². The van der Waals surface area contributed by atoms with Crippen molar-refractivity contribution >= 4 is 5.91 Å². The van der Waals surface area contributed by atoms with Gasteiger partial charge in [0.05, 0.1) is 6.04 Å². The van der Waals surface area contributed by atoms with Gasteiger partial charge in [-0.05, 0) is 48.9 Å². The predicted molar refractivity (Wildman–Crippen MR) is 94.8 cm³/mol. The molecule has 0 aliphatic carbocycles. The normalized spacial score (nSPS) is 18.1. The van der Waals surface area contributed by atoms with Crippen LogP contribution in [0.4, 0.5) is 0 Å². The third-order valence-electron chi connectivity index (χ3n) is 4.86. The van der Waals surface area contributed by atoms with Gasteiger partial charge in [-0.3, -0.25) is 9.69 Å². The standard InChI is InChI=1S/C19H31N3O/c1-14(2)18(20)19(23)21-12-16-6-4-5-7-17(16)13-22-10-8-15(3)9-11-22/h4-7,14-15,18H,8-13,20H2,1-3H3,(H,21,23)/t18-/m0/s1. The van der Waals surface area contributed by atoms with Gasteiger partial charge in [0.2, 0.25) is 5.91 Å². The second kappa shape index (κ2) is 8.46. The van der Waals surface area contributed by atoms with E-state index in [1.54, 1.807) is 0 Å². The highest BCUT2D eigenvalue weighted by Crippen LogP contribution is 2.19. The SMILES string of the molecule is CC1CCN(Cc2ccccc2CNC(=O)[C@@H](N)C(C)C)CC1. The zero-order valence-electron chi connectivity index (χ0n) is 14.7. The number of nitrogens with zero attached hydrogens (tertiary/aromatic N) is 1. The van der Waals surface area contributed by atoms with Crippen molar-refractivity contribution in [2.75, 3.05) is 13.1 Å². The molecule has 128 valence electrons. The fourth-order valence-corrected chi connectivity index (χ4v) is 2.95. The van der Waals surface area contributed by atoms with Crippen LogP contribution in [-0.2, 0) is 17.9 Å². The van der Waals surface area contributed by atoms with Crippen molar-refractivity contribution in [3.05, 3.63) is 35.4 Å². The first kappa shape index (κ1) is 18.0. The molecule has 1 aliphatic rings. The van der Waals surface area contributed by atoms with E-state index in [2.05, 4.69) is 35.3 Å². The summed E-state index contributed by atoms with van der Waals surface area (Å²) in [6, 6.07) is 7.94. The number of likely N-dealkylation sites (tertiary alicyclic amines) is 1. The lowest BCUT2D eigenvalue weighted by molar-refractivity contribution is -0.123. The van der Waals surface area contributed by atoms with E-state index in [0.717, 1.165) is 12.5 Å². The van der Waals surface area contributed by atoms with Crippen LogP contribution in [0, 0.1) is 11.8 Å². The number of amides is 1. The molecular weight excluding hydrogens is 286 g/mol. The van der Waals surface area contributed by atoms with Crippen molar-refractivity contribution in [3.8, 4) is 0 Å². The topological polar surface area (TPSA) is 58.4 Å². The van der Waals surface area contributed by atoms with Crippen LogP contribution in [0.5, 0.6) is 0 Å². The molecule has 1 aromatic rings. The number of hydrogen-bond acceptors (Lipinski definition) is 3. The Balaban J connectivity index is 1.93. The van der Waals surface area contributed by atoms with Crippen LogP contribution in [0.25, 0.3) is 0 Å². The number of carbonyl (C=O) groups excluding carboxylic acids is 1. The van der Waals surface area contributed by atoms with Crippen molar-refractivity contribution in [1.29, 1.82) is 0 Å². The Labute approximate surface area is 140 Å². The van der Waals surface area contributed by atoms with Crippen LogP contribution in [0.1, 0.15) is 44.7 Å². The summed E-state index contributed by atoms with van der Waals surface area (Å²) in [5.74, 6) is 0.931. The van der Waals surface area contributed by atoms with Gasteiger partial charge in [-0.25, -0.2) is 0 Å². The van der Waals surface area contributed by atoms with Crippen LogP contribution in [0.2, 0.25) is 0 Å². The first-order valence-corrected chi connectivity index (χ1v) is 8.79. The highest BCUT2D eigenvalue weighted by atomic mass is 16.2. The number of piperidine rings is 1. The summed E-state index contributed by atoms with van der Waals surface area (Å²) in [6.07, 6.45) is 2.56. The Morgan fingerprint density at radius 1 is 1.26 bits per heavy atom. The Kier molecular flexibility index (Phi) is 6.60. The molecule has 0 bridgehead atoms. The Hall–Kier alpha value is -1.39. The minimum atomic E-state index is -0.439. The van der Waals surface area contributed by atoms with Crippen molar-refractivity contribution < 1.29 is 4.79 Å². The van der Waals surface area contributed by atoms with E-state index in [1.165, 1.54) is 37.1 Å². The second-order valence-electron chi connectivity index (χ2n) is 7.21. The zero-order valence-corrected chi connectivity index (χ0v) is 14.7. The molecule has 0 unspecified atom stereocenters. The molecule has 1 aromatic carbocycles. The van der Waals surface area contributed by atoms with E-state index in [0.29, 0.717) is 6.54 Å². The molecule has 1 aliphatic heterocycles. The van der Waals surface area contributed by atoms with Crippen LogP contribution >= 0.6 is 0 Å². The van der Waals surface area contributed by atoms with Gasteiger partial charge in [0.25, 0.3) is 0 Å². The Morgan fingerprint density at radius 3 is 2.48 bits per heavy atom. The largest absolute Gasteiger partial charge is 0.351 e. The molecule has 3 N–H and O–H groups in total. The molecule has 0 radical (unpaired) electrons. The molecular formula is C19H31N3O. The van der Waals surface area contributed by atoms with E-state index in [4.69, 9.17) is 5.73 Å². The van der Waals surface area contributed by atoms with Crippen molar-refractivity contribution in [2.45, 2.75) is 52.7 Å². The molecule has 2 rings (SSSR count). The van der Waals surface area contributed by atoms with Gasteiger partial charge in [0, 0.05) is 13.1 Å². The smallest absolute Gasteiger partial charge is 0.237 e. The van der Waals surface area contributed by atoms with E-state index in [1.807, 2.05) is 19.9 Å². The highest BCUT2D eigenvalue weighted by molar-refractivity contribution is 5.81. The van der Waals surface area contributed by atoms with E-state index in [9.17, 15) is 4.79 Å². The minimum absolute atomic E-state index is 0.0680. The molecule has 1 saturated heterocycles. The minimum Gasteiger partial charge on any atom is -0.351 e. The number of hydrogen-bond donors (Lipinski definition) is 2. The molecule has 1 heterocycles. The average molecular weight is 317 g/mol. The van der Waals surface area contributed by atoms with Gasteiger partial charge in [-0.1, -0.05) is 45.0 Å². The molecule has 23 heavy (non-hydrogen) atoms. The molecule has 1 fully saturated rings. The molecule has 0 aromatic heterocycles. The third kappa shape index (κ3) is 5.33. The maximum atomic E-state index is 12.0. The van der Waals surface area contributed by atoms with Gasteiger partial charge >= 0.3 is 0 Å². The number of nitrogens with one attached hydrogen (secondary N) is 1. The lowest BCUT2D eigenvalue weighted by atomic mass is 9.98. The number of rotatable bonds is 6. The second-order valence-corrected chi connectivity index (χ2v) is 7.21. The summed E-state index contributed by atoms with van der Waals surface area (Å²) < 4.78 is 0. The van der Waals surface area contributed by atoms with Crippen LogP contribution in [-0.4, -0.2) is 29.9 Å². The fourth-order valence-electron chi connectivity index (χ4n) is 2.95. The van der Waals surface area contributed by atoms with Crippen LogP contribution in [0.3, 0.4) is 0 Å². The van der Waals surface area contributed by atoms with Gasteiger partial charge in [0.15, 0.2) is 0 Å². The Bertz CT molecular complexity index is 507. The van der Waals surface area contributed by atoms with E-state index >= 15 is 0 Å². The predicted octanol–water partition coefficient (Wildman–Crippen LogP) is 2.52. The van der Waals surface area contributed by atoms with E-state index < -0.39 is 6.04 Å². The first-order valence-electron chi connectivity index (χ1n) is 8.79. The van der Waals surface area contributed by atoms with Gasteiger partial charge in [-0.2, -0.15) is 0 Å². The van der Waals surface area contributed by atoms with Gasteiger partial charge in [0.1, 0.15) is 0 Å². The first-order chi connectivity index (χ1) is 11.0. The number of carbonyl (C=O) groups is 1. The quantitative estimate of drug-likeness (QED) is 0.847. The lowest BCUT2D eigenvalue weighted by Crippen LogP contribution is -2.43. The molecule has 1 amide bonds. The Morgan fingerprint density at radius 2 is 1.87 bits per heavy atom. The summed E-state index contributed by atoms with van der Waals surface area (Å²) in [5.41, 5.74) is 8.40. The number of nitrogens with two attached hydrogens (primary N) is 1. The molecule has 1 atom stereocenters. The van der Waals surface area contributed by atoms with Gasteiger partial charge < -0.3 is 11.1 Å². The van der Waals surface area contributed by atoms with Crippen molar-refractivity contribution in [1.82, 2.24) is 10.2 Å². The summed E-state index contributed by atoms with van der Waals surface area (Å²) in [7, 11) is 0. The number of benzene rings is 1. The molecule has 4 heteroatoms. The summed E-state index contributed by atoms with van der Waals surface area (Å²) in [5, 5.41) is 2.98. The average Bonchev–Trinajstić information content (AvgIpc) is 2.55. The van der Waals surface area contributed by atoms with Crippen LogP contribution < -0.4 is 11.1 Å². The molecule has 0 saturated carbocycles. The van der Waals surface area contributed by atoms with Crippen LogP contribution in [0.15, 0.2) is 24.3 Å². The fraction of sp³-hybridized carbons (Fsp3) is 0.632. The van der Waals surface area contributed by atoms with Crippen molar-refractivity contribution in [3.63, 3.8) is 0 Å². The lowest BCUT2D eigenvalue weighted by Gasteiger charge is -2.30. The maximum Gasteiger partial charge on any atom is 0.237 e. The highest BCUT2D eigenvalue weighted by Gasteiger charge is 2.18. The monoisotopic (exact) mass is 317 g/mol.